The van der Waals surface area contributed by atoms with E-state index < -0.39 is 23.5 Å². The molecule has 3 heterocycles. The van der Waals surface area contributed by atoms with Gasteiger partial charge < -0.3 is 9.63 Å². The highest BCUT2D eigenvalue weighted by Gasteiger charge is 2.46. The van der Waals surface area contributed by atoms with Gasteiger partial charge in [0.25, 0.3) is 5.91 Å². The Morgan fingerprint density at radius 1 is 1.25 bits per heavy atom. The third-order valence-electron chi connectivity index (χ3n) is 4.32. The van der Waals surface area contributed by atoms with Crippen LogP contribution in [0, 0.1) is 6.92 Å². The summed E-state index contributed by atoms with van der Waals surface area (Å²) in [5, 5.41) is 16.8. The number of benzene rings is 1. The average molecular weight is 435 g/mol. The van der Waals surface area contributed by atoms with Crippen molar-refractivity contribution in [3.05, 3.63) is 79.4 Å². The van der Waals surface area contributed by atoms with E-state index in [1.165, 1.54) is 16.2 Å². The Labute approximate surface area is 173 Å². The number of ketones is 1. The van der Waals surface area contributed by atoms with Crippen LogP contribution in [0.15, 0.2) is 57.6 Å². The van der Waals surface area contributed by atoms with Crippen molar-refractivity contribution in [1.82, 2.24) is 5.16 Å². The quantitative estimate of drug-likeness (QED) is 0.575. The van der Waals surface area contributed by atoms with Crippen LogP contribution in [0.5, 0.6) is 0 Å². The Hall–Kier alpha value is -2.61. The summed E-state index contributed by atoms with van der Waals surface area (Å²) < 4.78 is 5.08. The summed E-state index contributed by atoms with van der Waals surface area (Å²) in [5.41, 5.74) is 0.457. The zero-order chi connectivity index (χ0) is 20.0. The highest BCUT2D eigenvalue weighted by Crippen LogP contribution is 2.43. The molecule has 142 valence electrons. The predicted molar refractivity (Wildman–Crippen MR) is 106 cm³/mol. The highest BCUT2D eigenvalue weighted by atomic mass is 35.5. The number of nitrogens with zero attached hydrogens (tertiary/aromatic N) is 2. The number of hydrogen-bond acceptors (Lipinski definition) is 6. The standard InChI is InChI=1S/C19H12Cl2N2O4S/c1-9-7-14(22-27-9)23-16(10-4-5-11(20)12(21)8-10)15(18(25)19(23)26)17(24)13-3-2-6-28-13/h2-8,16,25H,1H3. The summed E-state index contributed by atoms with van der Waals surface area (Å²) in [7, 11) is 0. The van der Waals surface area contributed by atoms with E-state index in [1.54, 1.807) is 48.7 Å². The zero-order valence-corrected chi connectivity index (χ0v) is 16.7. The molecule has 1 aromatic carbocycles. The second-order valence-corrected chi connectivity index (χ2v) is 7.88. The first-order chi connectivity index (χ1) is 13.4. The molecule has 1 unspecified atom stereocenters. The SMILES string of the molecule is Cc1cc(N2C(=O)C(O)=C(C(=O)c3cccs3)C2c2ccc(Cl)c(Cl)c2)no1. The van der Waals surface area contributed by atoms with Crippen molar-refractivity contribution in [2.75, 3.05) is 4.90 Å². The molecule has 0 fully saturated rings. The number of anilines is 1. The van der Waals surface area contributed by atoms with Gasteiger partial charge in [-0.15, -0.1) is 11.3 Å². The number of halogens is 2. The number of rotatable bonds is 4. The average Bonchev–Trinajstić information content (AvgIpc) is 3.39. The Kier molecular flexibility index (Phi) is 4.74. The largest absolute Gasteiger partial charge is 0.503 e. The maximum absolute atomic E-state index is 13.1. The number of amides is 1. The highest BCUT2D eigenvalue weighted by molar-refractivity contribution is 7.12. The van der Waals surface area contributed by atoms with Gasteiger partial charge in [0.1, 0.15) is 5.76 Å². The molecule has 1 aliphatic heterocycles. The van der Waals surface area contributed by atoms with Crippen molar-refractivity contribution in [3.8, 4) is 0 Å². The van der Waals surface area contributed by atoms with E-state index >= 15 is 0 Å². The fraction of sp³-hybridized carbons (Fsp3) is 0.105. The molecule has 1 N–H and O–H groups in total. The van der Waals surface area contributed by atoms with Gasteiger partial charge in [0.15, 0.2) is 11.6 Å². The first-order valence-electron chi connectivity index (χ1n) is 8.11. The minimum absolute atomic E-state index is 0.0495. The summed E-state index contributed by atoms with van der Waals surface area (Å²) in [5.74, 6) is -1.16. The molecular weight excluding hydrogens is 423 g/mol. The number of aromatic nitrogens is 1. The molecule has 0 aliphatic carbocycles. The van der Waals surface area contributed by atoms with E-state index in [4.69, 9.17) is 27.7 Å². The molecule has 3 aromatic rings. The van der Waals surface area contributed by atoms with Crippen molar-refractivity contribution < 1.29 is 19.2 Å². The monoisotopic (exact) mass is 434 g/mol. The number of aliphatic hydroxyl groups is 1. The molecule has 6 nitrogen and oxygen atoms in total. The van der Waals surface area contributed by atoms with E-state index in [1.807, 2.05) is 0 Å². The lowest BCUT2D eigenvalue weighted by Gasteiger charge is -2.24. The van der Waals surface area contributed by atoms with Crippen LogP contribution in [0.4, 0.5) is 5.82 Å². The van der Waals surface area contributed by atoms with Crippen LogP contribution in [-0.2, 0) is 4.79 Å². The smallest absolute Gasteiger partial charge is 0.295 e. The number of carbonyl (C=O) groups excluding carboxylic acids is 2. The van der Waals surface area contributed by atoms with Crippen LogP contribution in [0.2, 0.25) is 10.0 Å². The van der Waals surface area contributed by atoms with Gasteiger partial charge in [-0.05, 0) is 36.1 Å². The zero-order valence-electron chi connectivity index (χ0n) is 14.3. The first kappa shape index (κ1) is 18.7. The van der Waals surface area contributed by atoms with Crippen molar-refractivity contribution in [2.24, 2.45) is 0 Å². The fourth-order valence-electron chi connectivity index (χ4n) is 3.08. The van der Waals surface area contributed by atoms with Crippen LogP contribution in [0.3, 0.4) is 0 Å². The molecule has 0 saturated carbocycles. The van der Waals surface area contributed by atoms with Crippen LogP contribution < -0.4 is 4.90 Å². The minimum Gasteiger partial charge on any atom is -0.503 e. The topological polar surface area (TPSA) is 83.6 Å². The Balaban J connectivity index is 1.90. The second-order valence-electron chi connectivity index (χ2n) is 6.12. The molecule has 1 aliphatic rings. The Morgan fingerprint density at radius 2 is 2.04 bits per heavy atom. The lowest BCUT2D eigenvalue weighted by atomic mass is 9.95. The van der Waals surface area contributed by atoms with E-state index in [0.717, 1.165) is 0 Å². The lowest BCUT2D eigenvalue weighted by Crippen LogP contribution is -2.31. The van der Waals surface area contributed by atoms with Gasteiger partial charge in [-0.2, -0.15) is 0 Å². The van der Waals surface area contributed by atoms with Crippen LogP contribution >= 0.6 is 34.5 Å². The number of thiophene rings is 1. The number of aryl methyl sites for hydroxylation is 1. The van der Waals surface area contributed by atoms with E-state index in [0.29, 0.717) is 21.2 Å². The summed E-state index contributed by atoms with van der Waals surface area (Å²) in [6.45, 7) is 1.68. The van der Waals surface area contributed by atoms with Crippen molar-refractivity contribution in [1.29, 1.82) is 0 Å². The van der Waals surface area contributed by atoms with Gasteiger partial charge in [-0.1, -0.05) is 40.5 Å². The fourth-order valence-corrected chi connectivity index (χ4v) is 4.06. The number of carbonyl (C=O) groups is 2. The third-order valence-corrected chi connectivity index (χ3v) is 5.93. The molecule has 0 radical (unpaired) electrons. The van der Waals surface area contributed by atoms with Crippen LogP contribution in [-0.4, -0.2) is 22.0 Å². The first-order valence-corrected chi connectivity index (χ1v) is 9.75. The number of hydrogen-bond donors (Lipinski definition) is 1. The molecule has 9 heteroatoms. The van der Waals surface area contributed by atoms with Crippen LogP contribution in [0.25, 0.3) is 0 Å². The van der Waals surface area contributed by atoms with Gasteiger partial charge in [0, 0.05) is 6.07 Å². The van der Waals surface area contributed by atoms with Gasteiger partial charge in [-0.3, -0.25) is 14.5 Å². The van der Waals surface area contributed by atoms with Crippen LogP contribution in [0.1, 0.15) is 27.0 Å². The molecule has 0 bridgehead atoms. The maximum Gasteiger partial charge on any atom is 0.295 e. The van der Waals surface area contributed by atoms with E-state index in [-0.39, 0.29) is 16.4 Å². The molecular formula is C19H12Cl2N2O4S. The summed E-state index contributed by atoms with van der Waals surface area (Å²) >= 11 is 13.4. The van der Waals surface area contributed by atoms with Gasteiger partial charge in [-0.25, -0.2) is 0 Å². The molecule has 28 heavy (non-hydrogen) atoms. The minimum atomic E-state index is -0.929. The molecule has 0 spiro atoms. The predicted octanol–water partition coefficient (Wildman–Crippen LogP) is 5.13. The third kappa shape index (κ3) is 3.01. The van der Waals surface area contributed by atoms with Gasteiger partial charge >= 0.3 is 0 Å². The van der Waals surface area contributed by atoms with Gasteiger partial charge in [0.2, 0.25) is 5.78 Å². The molecule has 1 amide bonds. The van der Waals surface area contributed by atoms with Crippen molar-refractivity contribution in [3.63, 3.8) is 0 Å². The van der Waals surface area contributed by atoms with E-state index in [9.17, 15) is 14.7 Å². The molecule has 0 saturated heterocycles. The Bertz CT molecular complexity index is 1120. The molecule has 4 rings (SSSR count). The summed E-state index contributed by atoms with van der Waals surface area (Å²) in [6, 6.07) is 8.74. The Morgan fingerprint density at radius 3 is 2.64 bits per heavy atom. The number of Topliss-reactive ketones (excluding diaryl/α,β-unsaturated/α-hetero) is 1. The second kappa shape index (κ2) is 7.09. The maximum atomic E-state index is 13.1. The summed E-state index contributed by atoms with van der Waals surface area (Å²) in [4.78, 5) is 27.6. The summed E-state index contributed by atoms with van der Waals surface area (Å²) in [6.07, 6.45) is 0. The van der Waals surface area contributed by atoms with Crippen molar-refractivity contribution >= 4 is 52.0 Å². The van der Waals surface area contributed by atoms with E-state index in [2.05, 4.69) is 5.16 Å². The lowest BCUT2D eigenvalue weighted by molar-refractivity contribution is -0.117. The normalized spacial score (nSPS) is 16.9. The molecule has 1 atom stereocenters. The van der Waals surface area contributed by atoms with Gasteiger partial charge in [0.05, 0.1) is 26.5 Å². The van der Waals surface area contributed by atoms with Crippen molar-refractivity contribution in [2.45, 2.75) is 13.0 Å². The number of aliphatic hydroxyl groups excluding tert-OH is 1. The molecule has 2 aromatic heterocycles.